The highest BCUT2D eigenvalue weighted by atomic mass is 16.3. The number of likely N-dealkylation sites (tertiary alicyclic amines) is 1. The average Bonchev–Trinajstić information content (AvgIpc) is 2.49. The first-order valence-corrected chi connectivity index (χ1v) is 8.41. The average molecular weight is 319 g/mol. The van der Waals surface area contributed by atoms with E-state index in [2.05, 4.69) is 16.8 Å². The van der Waals surface area contributed by atoms with E-state index in [9.17, 15) is 9.90 Å². The minimum absolute atomic E-state index is 0.244. The van der Waals surface area contributed by atoms with Crippen LogP contribution >= 0.6 is 0 Å². The Bertz CT molecular complexity index is 511. The molecular formula is C18H29N3O2. The molecule has 5 heteroatoms. The molecule has 1 unspecified atom stereocenters. The summed E-state index contributed by atoms with van der Waals surface area (Å²) in [7, 11) is 2.12. The van der Waals surface area contributed by atoms with Crippen molar-refractivity contribution in [2.75, 3.05) is 33.2 Å². The number of primary amides is 1. The number of aliphatic hydroxyl groups excluding tert-OH is 1. The Balaban J connectivity index is 1.78. The van der Waals surface area contributed by atoms with Crippen molar-refractivity contribution in [1.82, 2.24) is 9.80 Å². The van der Waals surface area contributed by atoms with Gasteiger partial charge in [0.1, 0.15) is 0 Å². The minimum atomic E-state index is -0.375. The third-order valence-electron chi connectivity index (χ3n) is 4.46. The van der Waals surface area contributed by atoms with E-state index in [1.807, 2.05) is 25.1 Å². The predicted molar refractivity (Wildman–Crippen MR) is 92.1 cm³/mol. The number of aliphatic hydroxyl groups is 1. The van der Waals surface area contributed by atoms with Gasteiger partial charge in [0, 0.05) is 25.2 Å². The maximum absolute atomic E-state index is 11.2. The van der Waals surface area contributed by atoms with Gasteiger partial charge >= 0.3 is 0 Å². The first-order chi connectivity index (χ1) is 10.9. The lowest BCUT2D eigenvalue weighted by atomic mass is 9.96. The molecule has 3 N–H and O–H groups in total. The summed E-state index contributed by atoms with van der Waals surface area (Å²) in [4.78, 5) is 15.9. The van der Waals surface area contributed by atoms with Crippen LogP contribution in [-0.4, -0.2) is 60.1 Å². The van der Waals surface area contributed by atoms with Crippen LogP contribution in [0.3, 0.4) is 0 Å². The summed E-state index contributed by atoms with van der Waals surface area (Å²) in [5.74, 6) is 0.324. The van der Waals surface area contributed by atoms with Crippen molar-refractivity contribution >= 4 is 5.91 Å². The van der Waals surface area contributed by atoms with Crippen LogP contribution in [0.4, 0.5) is 0 Å². The summed E-state index contributed by atoms with van der Waals surface area (Å²) in [5, 5.41) is 9.46. The quantitative estimate of drug-likeness (QED) is 0.795. The number of amides is 1. The lowest BCUT2D eigenvalue weighted by Crippen LogP contribution is -2.40. The van der Waals surface area contributed by atoms with Gasteiger partial charge in [-0.3, -0.25) is 4.79 Å². The van der Waals surface area contributed by atoms with Crippen LogP contribution in [0.25, 0.3) is 0 Å². The molecule has 1 aliphatic heterocycles. The lowest BCUT2D eigenvalue weighted by Gasteiger charge is -2.34. The van der Waals surface area contributed by atoms with Gasteiger partial charge in [-0.05, 0) is 63.5 Å². The van der Waals surface area contributed by atoms with E-state index in [0.29, 0.717) is 11.5 Å². The fraction of sp³-hybridized carbons (Fsp3) is 0.611. The van der Waals surface area contributed by atoms with E-state index < -0.39 is 0 Å². The van der Waals surface area contributed by atoms with Crippen LogP contribution in [0.15, 0.2) is 24.3 Å². The molecule has 2 rings (SSSR count). The predicted octanol–water partition coefficient (Wildman–Crippen LogP) is 1.31. The van der Waals surface area contributed by atoms with E-state index >= 15 is 0 Å². The van der Waals surface area contributed by atoms with Gasteiger partial charge in [0.05, 0.1) is 6.10 Å². The van der Waals surface area contributed by atoms with Gasteiger partial charge in [0.25, 0.3) is 0 Å². The second-order valence-corrected chi connectivity index (χ2v) is 6.85. The molecule has 0 aliphatic carbocycles. The molecule has 1 aromatic rings. The Hall–Kier alpha value is -1.43. The molecule has 0 saturated carbocycles. The summed E-state index contributed by atoms with van der Waals surface area (Å²) >= 11 is 0. The topological polar surface area (TPSA) is 69.8 Å². The summed E-state index contributed by atoms with van der Waals surface area (Å²) in [6, 6.07) is 7.56. The van der Waals surface area contributed by atoms with Crippen molar-refractivity contribution in [3.63, 3.8) is 0 Å². The smallest absolute Gasteiger partial charge is 0.248 e. The maximum Gasteiger partial charge on any atom is 0.248 e. The van der Waals surface area contributed by atoms with Crippen molar-refractivity contribution in [1.29, 1.82) is 0 Å². The Morgan fingerprint density at radius 1 is 1.43 bits per heavy atom. The van der Waals surface area contributed by atoms with E-state index in [1.165, 1.54) is 12.8 Å². The van der Waals surface area contributed by atoms with Crippen molar-refractivity contribution < 1.29 is 9.90 Å². The number of carbonyl (C=O) groups is 1. The summed E-state index contributed by atoms with van der Waals surface area (Å²) in [6.07, 6.45) is 2.11. The molecule has 23 heavy (non-hydrogen) atoms. The maximum atomic E-state index is 11.2. The molecule has 1 aromatic carbocycles. The third-order valence-corrected chi connectivity index (χ3v) is 4.46. The van der Waals surface area contributed by atoms with Crippen LogP contribution in [0.5, 0.6) is 0 Å². The Morgan fingerprint density at radius 2 is 2.13 bits per heavy atom. The molecule has 0 bridgehead atoms. The Labute approximate surface area is 139 Å². The van der Waals surface area contributed by atoms with E-state index in [0.717, 1.165) is 38.3 Å². The van der Waals surface area contributed by atoms with Crippen molar-refractivity contribution in [2.24, 2.45) is 11.7 Å². The van der Waals surface area contributed by atoms with Crippen LogP contribution in [0.1, 0.15) is 35.7 Å². The van der Waals surface area contributed by atoms with Crippen molar-refractivity contribution in [2.45, 2.75) is 32.4 Å². The molecular weight excluding hydrogens is 290 g/mol. The molecule has 0 aromatic heterocycles. The summed E-state index contributed by atoms with van der Waals surface area (Å²) in [6.45, 7) is 6.65. The molecule has 1 amide bonds. The number of benzene rings is 1. The van der Waals surface area contributed by atoms with Gasteiger partial charge in [-0.25, -0.2) is 0 Å². The SMILES string of the molecule is CC(O)CN1CCC(CN(C)Cc2cccc(C(N)=O)c2)CC1. The number of rotatable bonds is 7. The third kappa shape index (κ3) is 5.94. The first kappa shape index (κ1) is 17.9. The molecule has 1 aliphatic rings. The largest absolute Gasteiger partial charge is 0.392 e. The number of nitrogens with two attached hydrogens (primary N) is 1. The zero-order chi connectivity index (χ0) is 16.8. The van der Waals surface area contributed by atoms with Gasteiger partial charge in [-0.15, -0.1) is 0 Å². The zero-order valence-corrected chi connectivity index (χ0v) is 14.2. The molecule has 1 saturated heterocycles. The number of nitrogens with zero attached hydrogens (tertiary/aromatic N) is 2. The highest BCUT2D eigenvalue weighted by molar-refractivity contribution is 5.92. The van der Waals surface area contributed by atoms with Gasteiger partial charge in [0.15, 0.2) is 0 Å². The molecule has 0 radical (unpaired) electrons. The standard InChI is InChI=1S/C18H29N3O2/c1-14(22)11-21-8-6-15(7-9-21)12-20(2)13-16-4-3-5-17(10-16)18(19)23/h3-5,10,14-15,22H,6-9,11-13H2,1-2H3,(H2,19,23). The fourth-order valence-electron chi connectivity index (χ4n) is 3.37. The molecule has 1 fully saturated rings. The zero-order valence-electron chi connectivity index (χ0n) is 14.2. The highest BCUT2D eigenvalue weighted by Crippen LogP contribution is 2.19. The van der Waals surface area contributed by atoms with Crippen LogP contribution in [0.2, 0.25) is 0 Å². The Morgan fingerprint density at radius 3 is 2.74 bits per heavy atom. The second-order valence-electron chi connectivity index (χ2n) is 6.85. The summed E-state index contributed by atoms with van der Waals surface area (Å²) in [5.41, 5.74) is 7.03. The first-order valence-electron chi connectivity index (χ1n) is 8.41. The lowest BCUT2D eigenvalue weighted by molar-refractivity contribution is 0.0919. The second kappa shape index (κ2) is 8.43. The van der Waals surface area contributed by atoms with Gasteiger partial charge in [0.2, 0.25) is 5.91 Å². The molecule has 0 spiro atoms. The van der Waals surface area contributed by atoms with Gasteiger partial charge < -0.3 is 20.6 Å². The van der Waals surface area contributed by atoms with Crippen LogP contribution in [0, 0.1) is 5.92 Å². The fourth-order valence-corrected chi connectivity index (χ4v) is 3.37. The number of piperidine rings is 1. The highest BCUT2D eigenvalue weighted by Gasteiger charge is 2.21. The molecule has 1 atom stereocenters. The number of hydrogen-bond acceptors (Lipinski definition) is 4. The minimum Gasteiger partial charge on any atom is -0.392 e. The monoisotopic (exact) mass is 319 g/mol. The Kier molecular flexibility index (Phi) is 6.57. The van der Waals surface area contributed by atoms with E-state index in [4.69, 9.17) is 5.73 Å². The van der Waals surface area contributed by atoms with Gasteiger partial charge in [-0.1, -0.05) is 12.1 Å². The van der Waals surface area contributed by atoms with E-state index in [1.54, 1.807) is 6.07 Å². The molecule has 128 valence electrons. The summed E-state index contributed by atoms with van der Waals surface area (Å²) < 4.78 is 0. The van der Waals surface area contributed by atoms with E-state index in [-0.39, 0.29) is 12.0 Å². The number of hydrogen-bond donors (Lipinski definition) is 2. The van der Waals surface area contributed by atoms with Crippen LogP contribution in [-0.2, 0) is 6.54 Å². The van der Waals surface area contributed by atoms with Gasteiger partial charge in [-0.2, -0.15) is 0 Å². The van der Waals surface area contributed by atoms with Crippen LogP contribution < -0.4 is 5.73 Å². The van der Waals surface area contributed by atoms with Crippen molar-refractivity contribution in [3.8, 4) is 0 Å². The molecule has 5 nitrogen and oxygen atoms in total. The number of carbonyl (C=O) groups excluding carboxylic acids is 1. The van der Waals surface area contributed by atoms with Crippen molar-refractivity contribution in [3.05, 3.63) is 35.4 Å². The molecule has 1 heterocycles. The number of β-amino-alcohol motifs (C(OH)–C–C–N with tert-alkyl or cyclic N) is 1. The normalized spacial score (nSPS) is 18.3.